The molecule has 1 saturated heterocycles. The molecule has 0 radical (unpaired) electrons. The number of urea groups is 1. The summed E-state index contributed by atoms with van der Waals surface area (Å²) in [6.45, 7) is 1.74. The van der Waals surface area contributed by atoms with Crippen molar-refractivity contribution >= 4 is 17.9 Å². The van der Waals surface area contributed by atoms with Crippen LogP contribution in [-0.2, 0) is 14.3 Å². The van der Waals surface area contributed by atoms with Crippen molar-refractivity contribution in [3.63, 3.8) is 0 Å². The zero-order chi connectivity index (χ0) is 14.6. The Labute approximate surface area is 111 Å². The lowest BCUT2D eigenvalue weighted by Crippen LogP contribution is -2.52. The van der Waals surface area contributed by atoms with Gasteiger partial charge in [-0.05, 0) is 6.92 Å². The van der Waals surface area contributed by atoms with E-state index in [0.29, 0.717) is 0 Å². The Hall–Kier alpha value is -1.67. The summed E-state index contributed by atoms with van der Waals surface area (Å²) in [5.74, 6) is -1.04. The molecule has 0 aromatic heterocycles. The normalized spacial score (nSPS) is 24.6. The van der Waals surface area contributed by atoms with Gasteiger partial charge in [0, 0.05) is 20.0 Å². The van der Waals surface area contributed by atoms with Gasteiger partial charge in [0.05, 0.1) is 19.3 Å². The van der Waals surface area contributed by atoms with Crippen LogP contribution < -0.4 is 10.6 Å². The molecule has 19 heavy (non-hydrogen) atoms. The average molecular weight is 273 g/mol. The van der Waals surface area contributed by atoms with E-state index in [1.165, 1.54) is 19.1 Å². The molecule has 1 aliphatic rings. The number of esters is 1. The molecule has 0 spiro atoms. The van der Waals surface area contributed by atoms with Crippen molar-refractivity contribution in [2.75, 3.05) is 20.7 Å². The van der Waals surface area contributed by atoms with Crippen LogP contribution in [0.3, 0.4) is 0 Å². The number of hydrogen-bond acceptors (Lipinski definition) is 6. The first kappa shape index (κ1) is 15.4. The van der Waals surface area contributed by atoms with E-state index in [4.69, 9.17) is 0 Å². The highest BCUT2D eigenvalue weighted by atomic mass is 16.5. The number of rotatable bonds is 3. The maximum absolute atomic E-state index is 11.8. The quantitative estimate of drug-likeness (QED) is 0.537. The first-order chi connectivity index (χ1) is 8.90. The zero-order valence-corrected chi connectivity index (χ0v) is 11.2. The summed E-state index contributed by atoms with van der Waals surface area (Å²) in [5.41, 5.74) is 0. The van der Waals surface area contributed by atoms with Gasteiger partial charge in [-0.25, -0.2) is 4.79 Å². The molecule has 1 aliphatic heterocycles. The number of amides is 3. The number of imide groups is 1. The Morgan fingerprint density at radius 2 is 2.05 bits per heavy atom. The van der Waals surface area contributed by atoms with Gasteiger partial charge >= 0.3 is 12.0 Å². The molecular weight excluding hydrogens is 254 g/mol. The molecule has 3 N–H and O–H groups in total. The standard InChI is InChI=1S/C11H19N3O5/c1-6(9(16)13-11(18)12-2)14-5-7(15)4-8(14)10(17)19-3/h6-8,15H,4-5H2,1-3H3,(H2,12,13,16,18). The largest absolute Gasteiger partial charge is 0.468 e. The Kier molecular flexibility index (Phi) is 5.25. The molecule has 0 saturated carbocycles. The van der Waals surface area contributed by atoms with Crippen molar-refractivity contribution in [2.24, 2.45) is 0 Å². The Morgan fingerprint density at radius 3 is 2.58 bits per heavy atom. The lowest BCUT2D eigenvalue weighted by atomic mass is 10.2. The van der Waals surface area contributed by atoms with Crippen molar-refractivity contribution < 1.29 is 24.2 Å². The molecule has 3 amide bonds. The number of carbonyl (C=O) groups is 3. The Bertz CT molecular complexity index is 373. The highest BCUT2D eigenvalue weighted by Gasteiger charge is 2.41. The fourth-order valence-electron chi connectivity index (χ4n) is 2.06. The van der Waals surface area contributed by atoms with E-state index in [1.54, 1.807) is 6.92 Å². The minimum Gasteiger partial charge on any atom is -0.468 e. The third-order valence-electron chi connectivity index (χ3n) is 3.13. The second kappa shape index (κ2) is 6.48. The smallest absolute Gasteiger partial charge is 0.323 e. The molecule has 108 valence electrons. The van der Waals surface area contributed by atoms with Crippen LogP contribution in [0.15, 0.2) is 0 Å². The van der Waals surface area contributed by atoms with E-state index >= 15 is 0 Å². The van der Waals surface area contributed by atoms with Crippen LogP contribution in [0.4, 0.5) is 4.79 Å². The van der Waals surface area contributed by atoms with Crippen LogP contribution in [-0.4, -0.2) is 66.8 Å². The number of nitrogens with zero attached hydrogens (tertiary/aromatic N) is 1. The van der Waals surface area contributed by atoms with Crippen LogP contribution in [0.1, 0.15) is 13.3 Å². The number of carbonyl (C=O) groups excluding carboxylic acids is 3. The first-order valence-corrected chi connectivity index (χ1v) is 5.95. The summed E-state index contributed by atoms with van der Waals surface area (Å²) in [6.07, 6.45) is -0.482. The molecular formula is C11H19N3O5. The van der Waals surface area contributed by atoms with Gasteiger partial charge in [0.15, 0.2) is 0 Å². The minimum atomic E-state index is -0.724. The zero-order valence-electron chi connectivity index (χ0n) is 11.2. The number of nitrogens with one attached hydrogen (secondary N) is 2. The summed E-state index contributed by atoms with van der Waals surface area (Å²) >= 11 is 0. The topological polar surface area (TPSA) is 108 Å². The van der Waals surface area contributed by atoms with Gasteiger partial charge < -0.3 is 15.2 Å². The summed E-state index contributed by atoms with van der Waals surface area (Å²) in [5, 5.41) is 14.0. The highest BCUT2D eigenvalue weighted by Crippen LogP contribution is 2.21. The van der Waals surface area contributed by atoms with Gasteiger partial charge in [-0.2, -0.15) is 0 Å². The molecule has 0 aliphatic carbocycles. The SMILES string of the molecule is CNC(=O)NC(=O)C(C)N1CC(O)CC1C(=O)OC. The Morgan fingerprint density at radius 1 is 1.42 bits per heavy atom. The lowest BCUT2D eigenvalue weighted by Gasteiger charge is -2.27. The fraction of sp³-hybridized carbons (Fsp3) is 0.727. The molecule has 0 bridgehead atoms. The first-order valence-electron chi connectivity index (χ1n) is 5.95. The second-order valence-corrected chi connectivity index (χ2v) is 4.37. The molecule has 1 heterocycles. The minimum absolute atomic E-state index is 0.183. The molecule has 3 unspecified atom stereocenters. The summed E-state index contributed by atoms with van der Waals surface area (Å²) in [4.78, 5) is 36.0. The predicted octanol–water partition coefficient (Wildman–Crippen LogP) is -1.56. The van der Waals surface area contributed by atoms with Crippen LogP contribution in [0, 0.1) is 0 Å². The van der Waals surface area contributed by atoms with E-state index < -0.39 is 36.1 Å². The highest BCUT2D eigenvalue weighted by molar-refractivity contribution is 5.97. The molecule has 3 atom stereocenters. The number of likely N-dealkylation sites (tertiary alicyclic amines) is 1. The number of ether oxygens (including phenoxy) is 1. The van der Waals surface area contributed by atoms with Gasteiger partial charge in [0.2, 0.25) is 5.91 Å². The number of aliphatic hydroxyl groups excluding tert-OH is 1. The van der Waals surface area contributed by atoms with Crippen molar-refractivity contribution in [2.45, 2.75) is 31.5 Å². The molecule has 1 fully saturated rings. The van der Waals surface area contributed by atoms with Gasteiger partial charge in [-0.15, -0.1) is 0 Å². The molecule has 8 heteroatoms. The van der Waals surface area contributed by atoms with Gasteiger partial charge in [-0.1, -0.05) is 0 Å². The average Bonchev–Trinajstić information content (AvgIpc) is 2.78. The van der Waals surface area contributed by atoms with Crippen molar-refractivity contribution in [1.82, 2.24) is 15.5 Å². The fourth-order valence-corrected chi connectivity index (χ4v) is 2.06. The monoisotopic (exact) mass is 273 g/mol. The number of β-amino-alcohol motifs (C(OH)–C–C–N with tert-alkyl or cyclic N) is 1. The van der Waals surface area contributed by atoms with E-state index in [9.17, 15) is 19.5 Å². The van der Waals surface area contributed by atoms with Crippen LogP contribution in [0.25, 0.3) is 0 Å². The molecule has 0 aromatic carbocycles. The van der Waals surface area contributed by atoms with Crippen molar-refractivity contribution in [3.05, 3.63) is 0 Å². The molecule has 1 rings (SSSR count). The maximum Gasteiger partial charge on any atom is 0.323 e. The second-order valence-electron chi connectivity index (χ2n) is 4.37. The van der Waals surface area contributed by atoms with E-state index in [-0.39, 0.29) is 13.0 Å². The Balaban J connectivity index is 2.73. The van der Waals surface area contributed by atoms with Crippen molar-refractivity contribution in [3.8, 4) is 0 Å². The molecule has 0 aromatic rings. The summed E-state index contributed by atoms with van der Waals surface area (Å²) < 4.78 is 4.64. The van der Waals surface area contributed by atoms with Gasteiger partial charge in [0.1, 0.15) is 6.04 Å². The van der Waals surface area contributed by atoms with Crippen LogP contribution >= 0.6 is 0 Å². The van der Waals surface area contributed by atoms with Crippen molar-refractivity contribution in [1.29, 1.82) is 0 Å². The third-order valence-corrected chi connectivity index (χ3v) is 3.13. The molecule has 8 nitrogen and oxygen atoms in total. The number of methoxy groups -OCH3 is 1. The maximum atomic E-state index is 11.8. The number of aliphatic hydroxyl groups is 1. The van der Waals surface area contributed by atoms with E-state index in [2.05, 4.69) is 15.4 Å². The van der Waals surface area contributed by atoms with Crippen LogP contribution in [0.2, 0.25) is 0 Å². The summed E-state index contributed by atoms with van der Waals surface area (Å²) in [7, 11) is 2.64. The predicted molar refractivity (Wildman–Crippen MR) is 65.2 cm³/mol. The van der Waals surface area contributed by atoms with E-state index in [0.717, 1.165) is 0 Å². The third kappa shape index (κ3) is 3.65. The van der Waals surface area contributed by atoms with Gasteiger partial charge in [-0.3, -0.25) is 19.8 Å². The van der Waals surface area contributed by atoms with E-state index in [1.807, 2.05) is 0 Å². The lowest BCUT2D eigenvalue weighted by molar-refractivity contribution is -0.147. The van der Waals surface area contributed by atoms with Crippen LogP contribution in [0.5, 0.6) is 0 Å². The number of hydrogen-bond donors (Lipinski definition) is 3. The van der Waals surface area contributed by atoms with Gasteiger partial charge in [0.25, 0.3) is 0 Å². The summed E-state index contributed by atoms with van der Waals surface area (Å²) in [6, 6.07) is -2.02.